The van der Waals surface area contributed by atoms with Gasteiger partial charge in [-0.2, -0.15) is 0 Å². The van der Waals surface area contributed by atoms with Crippen molar-refractivity contribution in [2.24, 2.45) is 0 Å². The zero-order valence-corrected chi connectivity index (χ0v) is 10.0. The van der Waals surface area contributed by atoms with Crippen LogP contribution in [0.5, 0.6) is 0 Å². The second kappa shape index (κ2) is 5.99. The minimum Gasteiger partial charge on any atom is -0.311 e. The van der Waals surface area contributed by atoms with Crippen LogP contribution < -0.4 is 5.32 Å². The van der Waals surface area contributed by atoms with Crippen molar-refractivity contribution in [3.63, 3.8) is 0 Å². The van der Waals surface area contributed by atoms with Crippen LogP contribution in [0.2, 0.25) is 0 Å². The Morgan fingerprint density at radius 2 is 2.36 bits per heavy atom. The summed E-state index contributed by atoms with van der Waals surface area (Å²) < 4.78 is 0. The summed E-state index contributed by atoms with van der Waals surface area (Å²) in [5.74, 6) is 0. The molecule has 0 spiro atoms. The van der Waals surface area contributed by atoms with Gasteiger partial charge >= 0.3 is 0 Å². The van der Waals surface area contributed by atoms with Gasteiger partial charge in [0.15, 0.2) is 0 Å². The molecule has 1 N–H and O–H groups in total. The van der Waals surface area contributed by atoms with E-state index in [0.717, 1.165) is 13.0 Å². The Bertz CT molecular complexity index is 273. The van der Waals surface area contributed by atoms with Gasteiger partial charge in [0.25, 0.3) is 0 Å². The second-order valence-corrected chi connectivity index (χ2v) is 4.69. The molecule has 0 saturated heterocycles. The molecule has 1 rings (SSSR count). The van der Waals surface area contributed by atoms with Gasteiger partial charge in [-0.1, -0.05) is 32.4 Å². The Kier molecular flexibility index (Phi) is 4.91. The molecule has 1 aromatic rings. The van der Waals surface area contributed by atoms with Gasteiger partial charge in [-0.15, -0.1) is 11.3 Å². The molecule has 78 valence electrons. The molecule has 0 bridgehead atoms. The molecule has 0 saturated carbocycles. The minimum absolute atomic E-state index is 0.563. The molecule has 0 aliphatic rings. The van der Waals surface area contributed by atoms with Crippen LogP contribution in [0.1, 0.15) is 32.1 Å². The van der Waals surface area contributed by atoms with Crippen LogP contribution in [-0.2, 0) is 0 Å². The first-order valence-corrected chi connectivity index (χ1v) is 6.06. The lowest BCUT2D eigenvalue weighted by atomic mass is 10.1. The van der Waals surface area contributed by atoms with E-state index in [1.807, 2.05) is 0 Å². The quantitative estimate of drug-likeness (QED) is 0.782. The minimum atomic E-state index is 0.563. The molecule has 0 atom stereocenters. The van der Waals surface area contributed by atoms with Crippen LogP contribution in [0, 0.1) is 0 Å². The fraction of sp³-hybridized carbons (Fsp3) is 0.500. The maximum absolute atomic E-state index is 3.45. The molecule has 1 nitrogen and oxygen atoms in total. The first kappa shape index (κ1) is 11.5. The number of hydrogen-bond acceptors (Lipinski definition) is 2. The predicted octanol–water partition coefficient (Wildman–Crippen LogP) is 3.54. The first-order chi connectivity index (χ1) is 6.72. The number of thiophene rings is 1. The van der Waals surface area contributed by atoms with E-state index in [-0.39, 0.29) is 0 Å². The first-order valence-electron chi connectivity index (χ1n) is 5.18. The Hall–Kier alpha value is -0.600. The highest BCUT2D eigenvalue weighted by atomic mass is 32.1. The second-order valence-electron chi connectivity index (χ2n) is 3.71. The molecule has 0 unspecified atom stereocenters. The van der Waals surface area contributed by atoms with Crippen LogP contribution >= 0.6 is 11.3 Å². The lowest BCUT2D eigenvalue weighted by molar-refractivity contribution is 0.617. The zero-order chi connectivity index (χ0) is 10.4. The van der Waals surface area contributed by atoms with E-state index in [0.29, 0.717) is 6.04 Å². The van der Waals surface area contributed by atoms with Crippen LogP contribution in [0.15, 0.2) is 23.1 Å². The lowest BCUT2D eigenvalue weighted by Gasteiger charge is -2.09. The van der Waals surface area contributed by atoms with Crippen molar-refractivity contribution >= 4 is 17.4 Å². The van der Waals surface area contributed by atoms with Crippen LogP contribution in [0.4, 0.5) is 0 Å². The summed E-state index contributed by atoms with van der Waals surface area (Å²) >= 11 is 1.80. The van der Waals surface area contributed by atoms with E-state index in [2.05, 4.69) is 49.7 Å². The van der Waals surface area contributed by atoms with Gasteiger partial charge in [-0.25, -0.2) is 0 Å². The Labute approximate surface area is 90.9 Å². The fourth-order valence-electron chi connectivity index (χ4n) is 1.19. The molecule has 0 radical (unpaired) electrons. The zero-order valence-electron chi connectivity index (χ0n) is 9.21. The summed E-state index contributed by atoms with van der Waals surface area (Å²) in [4.78, 5) is 1.35. The van der Waals surface area contributed by atoms with Gasteiger partial charge in [-0.3, -0.25) is 0 Å². The number of rotatable bonds is 5. The lowest BCUT2D eigenvalue weighted by Crippen LogP contribution is -2.24. The van der Waals surface area contributed by atoms with Gasteiger partial charge in [0.05, 0.1) is 0 Å². The Morgan fingerprint density at radius 3 is 2.86 bits per heavy atom. The summed E-state index contributed by atoms with van der Waals surface area (Å²) in [6, 6.07) is 4.82. The third-order valence-corrected chi connectivity index (χ3v) is 2.90. The van der Waals surface area contributed by atoms with Crippen molar-refractivity contribution < 1.29 is 0 Å². The molecule has 0 amide bonds. The average Bonchev–Trinajstić information content (AvgIpc) is 2.64. The van der Waals surface area contributed by atoms with Crippen molar-refractivity contribution in [2.75, 3.05) is 6.54 Å². The van der Waals surface area contributed by atoms with Gasteiger partial charge < -0.3 is 5.32 Å². The van der Waals surface area contributed by atoms with E-state index >= 15 is 0 Å². The normalized spacial score (nSPS) is 12.4. The number of nitrogens with one attached hydrogen (secondary N) is 1. The van der Waals surface area contributed by atoms with Crippen molar-refractivity contribution in [2.45, 2.75) is 33.2 Å². The van der Waals surface area contributed by atoms with Crippen molar-refractivity contribution in [1.82, 2.24) is 5.32 Å². The summed E-state index contributed by atoms with van der Waals surface area (Å²) in [5.41, 5.74) is 1.47. The summed E-state index contributed by atoms with van der Waals surface area (Å²) in [7, 11) is 0. The molecule has 0 aliphatic carbocycles. The standard InChI is InChI=1S/C12H19NS/c1-4-11(9-13-10(2)3)8-12-6-5-7-14-12/h5-8,10,13H,4,9H2,1-3H3. The molecule has 1 aromatic heterocycles. The maximum Gasteiger partial charge on any atom is 0.0270 e. The molecule has 0 fully saturated rings. The largest absolute Gasteiger partial charge is 0.311 e. The fourth-order valence-corrected chi connectivity index (χ4v) is 1.89. The van der Waals surface area contributed by atoms with E-state index in [9.17, 15) is 0 Å². The average molecular weight is 209 g/mol. The highest BCUT2D eigenvalue weighted by molar-refractivity contribution is 7.10. The van der Waals surface area contributed by atoms with Gasteiger partial charge in [0, 0.05) is 17.5 Å². The SMILES string of the molecule is CCC(=Cc1cccs1)CNC(C)C. The monoisotopic (exact) mass is 209 g/mol. The Morgan fingerprint density at radius 1 is 1.57 bits per heavy atom. The van der Waals surface area contributed by atoms with E-state index in [1.165, 1.54) is 10.5 Å². The molecule has 0 aromatic carbocycles. The van der Waals surface area contributed by atoms with E-state index in [4.69, 9.17) is 0 Å². The highest BCUT2D eigenvalue weighted by Crippen LogP contribution is 2.14. The van der Waals surface area contributed by atoms with Gasteiger partial charge in [0.2, 0.25) is 0 Å². The summed E-state index contributed by atoms with van der Waals surface area (Å²) in [6.07, 6.45) is 3.41. The summed E-state index contributed by atoms with van der Waals surface area (Å²) in [6.45, 7) is 7.57. The predicted molar refractivity (Wildman–Crippen MR) is 65.7 cm³/mol. The van der Waals surface area contributed by atoms with Crippen LogP contribution in [0.25, 0.3) is 6.08 Å². The van der Waals surface area contributed by atoms with E-state index in [1.54, 1.807) is 11.3 Å². The Balaban J connectivity index is 2.53. The van der Waals surface area contributed by atoms with Crippen LogP contribution in [0.3, 0.4) is 0 Å². The van der Waals surface area contributed by atoms with Crippen LogP contribution in [-0.4, -0.2) is 12.6 Å². The highest BCUT2D eigenvalue weighted by Gasteiger charge is 1.97. The number of hydrogen-bond donors (Lipinski definition) is 1. The molecular weight excluding hydrogens is 190 g/mol. The van der Waals surface area contributed by atoms with Gasteiger partial charge in [-0.05, 0) is 23.9 Å². The van der Waals surface area contributed by atoms with Crippen molar-refractivity contribution in [3.05, 3.63) is 28.0 Å². The summed E-state index contributed by atoms with van der Waals surface area (Å²) in [5, 5.41) is 5.57. The third kappa shape index (κ3) is 4.07. The maximum atomic E-state index is 3.45. The smallest absolute Gasteiger partial charge is 0.0270 e. The molecule has 14 heavy (non-hydrogen) atoms. The molecule has 0 aliphatic heterocycles. The van der Waals surface area contributed by atoms with Crippen molar-refractivity contribution in [3.8, 4) is 0 Å². The molecular formula is C12H19NS. The van der Waals surface area contributed by atoms with E-state index < -0.39 is 0 Å². The van der Waals surface area contributed by atoms with Gasteiger partial charge in [0.1, 0.15) is 0 Å². The molecule has 2 heteroatoms. The molecule has 1 heterocycles. The third-order valence-electron chi connectivity index (χ3n) is 2.08. The topological polar surface area (TPSA) is 12.0 Å². The van der Waals surface area contributed by atoms with Crippen molar-refractivity contribution in [1.29, 1.82) is 0 Å².